The molecule has 2 unspecified atom stereocenters. The van der Waals surface area contributed by atoms with E-state index in [2.05, 4.69) is 5.32 Å². The minimum absolute atomic E-state index is 0.133. The van der Waals surface area contributed by atoms with Crippen molar-refractivity contribution in [1.82, 2.24) is 0 Å². The second-order valence-electron chi connectivity index (χ2n) is 5.74. The van der Waals surface area contributed by atoms with Gasteiger partial charge in [0.2, 0.25) is 5.91 Å². The lowest BCUT2D eigenvalue weighted by molar-refractivity contribution is -0.120. The highest BCUT2D eigenvalue weighted by molar-refractivity contribution is 6.34. The Bertz CT molecular complexity index is 673. The quantitative estimate of drug-likeness (QED) is 0.878. The standard InChI is InChI=1S/C18H22ClN3O/c1-12(16(20)13-8-5-4-6-9-13)18(23)21-15-11-7-10-14(19)17(15)22(2)3/h4-12,16H,20H2,1-3H3,(H,21,23). The van der Waals surface area contributed by atoms with Crippen LogP contribution in [0.25, 0.3) is 0 Å². The summed E-state index contributed by atoms with van der Waals surface area (Å²) in [6, 6.07) is 14.7. The van der Waals surface area contributed by atoms with E-state index in [1.54, 1.807) is 6.07 Å². The van der Waals surface area contributed by atoms with Gasteiger partial charge in [-0.25, -0.2) is 0 Å². The molecule has 0 saturated carbocycles. The molecule has 2 rings (SSSR count). The van der Waals surface area contributed by atoms with Gasteiger partial charge in [0, 0.05) is 20.1 Å². The van der Waals surface area contributed by atoms with Crippen molar-refractivity contribution in [1.29, 1.82) is 0 Å². The van der Waals surface area contributed by atoms with E-state index in [4.69, 9.17) is 17.3 Å². The van der Waals surface area contributed by atoms with Gasteiger partial charge in [-0.05, 0) is 17.7 Å². The number of carbonyl (C=O) groups is 1. The molecule has 1 amide bonds. The zero-order valence-corrected chi connectivity index (χ0v) is 14.3. The predicted octanol–water partition coefficient (Wildman–Crippen LogP) is 3.68. The molecule has 5 heteroatoms. The molecule has 0 radical (unpaired) electrons. The second-order valence-corrected chi connectivity index (χ2v) is 6.15. The molecule has 4 nitrogen and oxygen atoms in total. The number of amides is 1. The fourth-order valence-corrected chi connectivity index (χ4v) is 2.79. The lowest BCUT2D eigenvalue weighted by atomic mass is 9.94. The number of carbonyl (C=O) groups excluding carboxylic acids is 1. The minimum atomic E-state index is -0.369. The van der Waals surface area contributed by atoms with Crippen LogP contribution in [0.3, 0.4) is 0 Å². The van der Waals surface area contributed by atoms with Crippen LogP contribution in [-0.2, 0) is 4.79 Å². The number of nitrogens with one attached hydrogen (secondary N) is 1. The van der Waals surface area contributed by atoms with Crippen LogP contribution in [-0.4, -0.2) is 20.0 Å². The Morgan fingerprint density at radius 1 is 1.13 bits per heavy atom. The van der Waals surface area contributed by atoms with Crippen LogP contribution in [0.2, 0.25) is 5.02 Å². The molecule has 0 spiro atoms. The number of hydrogen-bond donors (Lipinski definition) is 2. The van der Waals surface area contributed by atoms with Gasteiger partial charge < -0.3 is 16.0 Å². The maximum absolute atomic E-state index is 12.6. The van der Waals surface area contributed by atoms with Gasteiger partial charge in [-0.15, -0.1) is 0 Å². The zero-order valence-electron chi connectivity index (χ0n) is 13.6. The lowest BCUT2D eigenvalue weighted by Crippen LogP contribution is -2.31. The van der Waals surface area contributed by atoms with E-state index in [0.717, 1.165) is 11.3 Å². The lowest BCUT2D eigenvalue weighted by Gasteiger charge is -2.23. The molecule has 2 aromatic carbocycles. The van der Waals surface area contributed by atoms with Crippen LogP contribution in [0.4, 0.5) is 11.4 Å². The summed E-state index contributed by atoms with van der Waals surface area (Å²) in [5.74, 6) is -0.502. The number of anilines is 2. The molecular formula is C18H22ClN3O. The number of benzene rings is 2. The molecular weight excluding hydrogens is 310 g/mol. The fraction of sp³-hybridized carbons (Fsp3) is 0.278. The topological polar surface area (TPSA) is 58.4 Å². The van der Waals surface area contributed by atoms with Gasteiger partial charge in [0.1, 0.15) is 0 Å². The van der Waals surface area contributed by atoms with Crippen molar-refractivity contribution >= 4 is 28.9 Å². The Morgan fingerprint density at radius 3 is 2.39 bits per heavy atom. The van der Waals surface area contributed by atoms with Crippen molar-refractivity contribution < 1.29 is 4.79 Å². The Kier molecular flexibility index (Phi) is 5.64. The highest BCUT2D eigenvalue weighted by Crippen LogP contribution is 2.33. The minimum Gasteiger partial charge on any atom is -0.375 e. The van der Waals surface area contributed by atoms with Crippen molar-refractivity contribution in [3.05, 3.63) is 59.1 Å². The Morgan fingerprint density at radius 2 is 1.78 bits per heavy atom. The average molecular weight is 332 g/mol. The third-order valence-corrected chi connectivity index (χ3v) is 4.13. The molecule has 2 atom stereocenters. The third-order valence-electron chi connectivity index (χ3n) is 3.83. The zero-order chi connectivity index (χ0) is 17.0. The van der Waals surface area contributed by atoms with E-state index >= 15 is 0 Å². The largest absolute Gasteiger partial charge is 0.375 e. The first-order valence-corrected chi connectivity index (χ1v) is 7.87. The fourth-order valence-electron chi connectivity index (χ4n) is 2.44. The first-order valence-electron chi connectivity index (χ1n) is 7.49. The summed E-state index contributed by atoms with van der Waals surface area (Å²) in [5, 5.41) is 3.53. The molecule has 2 aromatic rings. The average Bonchev–Trinajstić information content (AvgIpc) is 2.54. The number of halogens is 1. The normalized spacial score (nSPS) is 13.3. The van der Waals surface area contributed by atoms with E-state index in [0.29, 0.717) is 10.7 Å². The van der Waals surface area contributed by atoms with Gasteiger partial charge in [0.25, 0.3) is 0 Å². The van der Waals surface area contributed by atoms with Crippen LogP contribution in [0, 0.1) is 5.92 Å². The van der Waals surface area contributed by atoms with Gasteiger partial charge in [-0.3, -0.25) is 4.79 Å². The van der Waals surface area contributed by atoms with E-state index in [-0.39, 0.29) is 17.9 Å². The molecule has 0 heterocycles. The van der Waals surface area contributed by atoms with Crippen molar-refractivity contribution in [3.63, 3.8) is 0 Å². The smallest absolute Gasteiger partial charge is 0.229 e. The first-order chi connectivity index (χ1) is 10.9. The van der Waals surface area contributed by atoms with Crippen molar-refractivity contribution in [2.45, 2.75) is 13.0 Å². The van der Waals surface area contributed by atoms with E-state index in [1.165, 1.54) is 0 Å². The molecule has 0 saturated heterocycles. The molecule has 0 aliphatic carbocycles. The maximum atomic E-state index is 12.6. The van der Waals surface area contributed by atoms with Crippen molar-refractivity contribution in [2.24, 2.45) is 11.7 Å². The third kappa shape index (κ3) is 4.03. The monoisotopic (exact) mass is 331 g/mol. The van der Waals surface area contributed by atoms with Crippen LogP contribution >= 0.6 is 11.6 Å². The van der Waals surface area contributed by atoms with E-state index in [9.17, 15) is 4.79 Å². The highest BCUT2D eigenvalue weighted by atomic mass is 35.5. The molecule has 0 aliphatic heterocycles. The van der Waals surface area contributed by atoms with Crippen LogP contribution < -0.4 is 16.0 Å². The number of para-hydroxylation sites is 1. The van der Waals surface area contributed by atoms with Gasteiger partial charge in [-0.1, -0.05) is 54.9 Å². The summed E-state index contributed by atoms with van der Waals surface area (Å²) >= 11 is 6.23. The Labute approximate surface area is 142 Å². The van der Waals surface area contributed by atoms with Gasteiger partial charge >= 0.3 is 0 Å². The van der Waals surface area contributed by atoms with Gasteiger partial charge in [-0.2, -0.15) is 0 Å². The van der Waals surface area contributed by atoms with E-state index < -0.39 is 0 Å². The summed E-state index contributed by atoms with van der Waals surface area (Å²) in [4.78, 5) is 14.4. The number of hydrogen-bond acceptors (Lipinski definition) is 3. The Hall–Kier alpha value is -2.04. The van der Waals surface area contributed by atoms with Crippen molar-refractivity contribution in [3.8, 4) is 0 Å². The summed E-state index contributed by atoms with van der Waals surface area (Å²) in [6.45, 7) is 1.83. The first kappa shape index (κ1) is 17.3. The molecule has 122 valence electrons. The molecule has 0 aliphatic rings. The summed E-state index contributed by atoms with van der Waals surface area (Å²) < 4.78 is 0. The van der Waals surface area contributed by atoms with Gasteiger partial charge in [0.05, 0.1) is 22.3 Å². The predicted molar refractivity (Wildman–Crippen MR) is 96.9 cm³/mol. The Balaban J connectivity index is 2.18. The summed E-state index contributed by atoms with van der Waals surface area (Å²) in [6.07, 6.45) is 0. The van der Waals surface area contributed by atoms with Crippen LogP contribution in [0.15, 0.2) is 48.5 Å². The number of rotatable bonds is 5. The maximum Gasteiger partial charge on any atom is 0.229 e. The van der Waals surface area contributed by atoms with Crippen LogP contribution in [0.5, 0.6) is 0 Å². The van der Waals surface area contributed by atoms with Gasteiger partial charge in [0.15, 0.2) is 0 Å². The highest BCUT2D eigenvalue weighted by Gasteiger charge is 2.23. The SMILES string of the molecule is CC(C(=O)Nc1cccc(Cl)c1N(C)C)C(N)c1ccccc1. The molecule has 0 bridgehead atoms. The number of nitrogens with zero attached hydrogens (tertiary/aromatic N) is 1. The summed E-state index contributed by atoms with van der Waals surface area (Å²) in [5.41, 5.74) is 8.62. The van der Waals surface area contributed by atoms with Crippen LogP contribution in [0.1, 0.15) is 18.5 Å². The molecule has 23 heavy (non-hydrogen) atoms. The molecule has 0 fully saturated rings. The molecule has 0 aromatic heterocycles. The number of nitrogens with two attached hydrogens (primary N) is 1. The van der Waals surface area contributed by atoms with Crippen molar-refractivity contribution in [2.75, 3.05) is 24.3 Å². The molecule has 3 N–H and O–H groups in total. The second kappa shape index (κ2) is 7.49. The summed E-state index contributed by atoms with van der Waals surface area (Å²) in [7, 11) is 3.77. The van der Waals surface area contributed by atoms with E-state index in [1.807, 2.05) is 68.4 Å².